The summed E-state index contributed by atoms with van der Waals surface area (Å²) < 4.78 is 0. The van der Waals surface area contributed by atoms with E-state index < -0.39 is 5.54 Å². The Hall–Kier alpha value is -1.64. The lowest BCUT2D eigenvalue weighted by molar-refractivity contribution is 0.0881. The molecule has 1 fully saturated rings. The first kappa shape index (κ1) is 15.7. The zero-order chi connectivity index (χ0) is 15.5. The van der Waals surface area contributed by atoms with Gasteiger partial charge in [0.15, 0.2) is 0 Å². The van der Waals surface area contributed by atoms with E-state index in [0.717, 1.165) is 18.8 Å². The number of likely N-dealkylation sites (tertiary alicyclic amines) is 1. The summed E-state index contributed by atoms with van der Waals surface area (Å²) in [5, 5.41) is 12.6. The Balaban J connectivity index is 2.17. The smallest absolute Gasteiger partial charge is 0.252 e. The highest BCUT2D eigenvalue weighted by Crippen LogP contribution is 2.22. The predicted molar refractivity (Wildman–Crippen MR) is 81.2 cm³/mol. The first-order chi connectivity index (χ1) is 9.98. The van der Waals surface area contributed by atoms with E-state index in [4.69, 9.17) is 11.6 Å². The molecule has 1 N–H and O–H groups in total. The van der Waals surface area contributed by atoms with Gasteiger partial charge < -0.3 is 10.2 Å². The van der Waals surface area contributed by atoms with Gasteiger partial charge in [-0.1, -0.05) is 18.5 Å². The normalized spacial score (nSPS) is 18.0. The number of pyridine rings is 1. The highest BCUT2D eigenvalue weighted by atomic mass is 35.5. The highest BCUT2D eigenvalue weighted by molar-refractivity contribution is 6.29. The molecular weight excluding hydrogens is 288 g/mol. The minimum absolute atomic E-state index is 0.264. The molecule has 2 heterocycles. The van der Waals surface area contributed by atoms with Gasteiger partial charge in [-0.15, -0.1) is 0 Å². The zero-order valence-corrected chi connectivity index (χ0v) is 13.1. The van der Waals surface area contributed by atoms with Gasteiger partial charge in [-0.3, -0.25) is 4.79 Å². The number of carbonyl (C=O) groups excluding carboxylic acids is 1. The maximum Gasteiger partial charge on any atom is 0.252 e. The number of carbonyl (C=O) groups is 1. The van der Waals surface area contributed by atoms with Gasteiger partial charge in [0.25, 0.3) is 5.91 Å². The van der Waals surface area contributed by atoms with E-state index in [9.17, 15) is 10.1 Å². The summed E-state index contributed by atoms with van der Waals surface area (Å²) in [6, 6.07) is 5.54. The summed E-state index contributed by atoms with van der Waals surface area (Å²) >= 11 is 5.94. The summed E-state index contributed by atoms with van der Waals surface area (Å²) in [6.45, 7) is 3.55. The molecule has 1 aliphatic heterocycles. The summed E-state index contributed by atoms with van der Waals surface area (Å²) in [5.74, 6) is -0.264. The molecule has 0 aromatic carbocycles. The first-order valence-corrected chi connectivity index (χ1v) is 7.44. The molecule has 2 rings (SSSR count). The van der Waals surface area contributed by atoms with Gasteiger partial charge in [-0.05, 0) is 38.4 Å². The van der Waals surface area contributed by atoms with Crippen LogP contribution in [0.4, 0.5) is 0 Å². The zero-order valence-electron chi connectivity index (χ0n) is 12.3. The molecule has 6 heteroatoms. The second kappa shape index (κ2) is 6.42. The van der Waals surface area contributed by atoms with E-state index in [1.165, 1.54) is 6.07 Å². The van der Waals surface area contributed by atoms with Crippen molar-refractivity contribution in [3.05, 3.63) is 28.5 Å². The Labute approximate surface area is 129 Å². The number of halogens is 1. The number of rotatable bonds is 3. The fourth-order valence-corrected chi connectivity index (χ4v) is 2.64. The Kier molecular flexibility index (Phi) is 4.81. The standard InChI is InChI=1S/C15H19ClN4O/c1-3-12-8-11(9-13(16)18-12)14(21)19-15(10-17)4-6-20(2)7-5-15/h8-9H,3-7H2,1-2H3,(H,19,21). The van der Waals surface area contributed by atoms with Crippen LogP contribution in [0.1, 0.15) is 35.8 Å². The van der Waals surface area contributed by atoms with Crippen molar-refractivity contribution in [2.24, 2.45) is 0 Å². The molecule has 0 bridgehead atoms. The molecule has 0 saturated carbocycles. The fourth-order valence-electron chi connectivity index (χ4n) is 2.42. The molecule has 1 aliphatic rings. The van der Waals surface area contributed by atoms with Crippen LogP contribution in [0.15, 0.2) is 12.1 Å². The number of aryl methyl sites for hydroxylation is 1. The van der Waals surface area contributed by atoms with Crippen molar-refractivity contribution in [3.8, 4) is 6.07 Å². The van der Waals surface area contributed by atoms with Gasteiger partial charge in [0.05, 0.1) is 6.07 Å². The van der Waals surface area contributed by atoms with Crippen LogP contribution >= 0.6 is 11.6 Å². The lowest BCUT2D eigenvalue weighted by Crippen LogP contribution is -2.53. The Morgan fingerprint density at radius 3 is 2.76 bits per heavy atom. The summed E-state index contributed by atoms with van der Waals surface area (Å²) in [7, 11) is 2.01. The number of nitriles is 1. The minimum atomic E-state index is -0.786. The lowest BCUT2D eigenvalue weighted by atomic mass is 9.89. The Morgan fingerprint density at radius 1 is 1.52 bits per heavy atom. The van der Waals surface area contributed by atoms with E-state index in [1.807, 2.05) is 14.0 Å². The molecule has 0 radical (unpaired) electrons. The van der Waals surface area contributed by atoms with Crippen LogP contribution in [0.25, 0.3) is 0 Å². The van der Waals surface area contributed by atoms with Crippen molar-refractivity contribution in [2.75, 3.05) is 20.1 Å². The van der Waals surface area contributed by atoms with Crippen molar-refractivity contribution in [2.45, 2.75) is 31.7 Å². The van der Waals surface area contributed by atoms with Crippen molar-refractivity contribution < 1.29 is 4.79 Å². The van der Waals surface area contributed by atoms with Gasteiger partial charge in [-0.25, -0.2) is 4.98 Å². The maximum atomic E-state index is 12.4. The topological polar surface area (TPSA) is 69.0 Å². The number of hydrogen-bond acceptors (Lipinski definition) is 4. The van der Waals surface area contributed by atoms with Crippen LogP contribution < -0.4 is 5.32 Å². The first-order valence-electron chi connectivity index (χ1n) is 7.07. The Bertz CT molecular complexity index is 574. The number of amides is 1. The molecule has 1 aromatic rings. The van der Waals surface area contributed by atoms with Gasteiger partial charge in [0, 0.05) is 24.3 Å². The minimum Gasteiger partial charge on any atom is -0.334 e. The molecule has 112 valence electrons. The van der Waals surface area contributed by atoms with Crippen LogP contribution in [0.3, 0.4) is 0 Å². The third kappa shape index (κ3) is 3.72. The van der Waals surface area contributed by atoms with Gasteiger partial charge in [0.2, 0.25) is 0 Å². The van der Waals surface area contributed by atoms with Crippen molar-refractivity contribution in [1.29, 1.82) is 5.26 Å². The third-order valence-corrected chi connectivity index (χ3v) is 4.07. The van der Waals surface area contributed by atoms with Crippen LogP contribution in [-0.4, -0.2) is 41.5 Å². The lowest BCUT2D eigenvalue weighted by Gasteiger charge is -2.36. The molecule has 1 amide bonds. The highest BCUT2D eigenvalue weighted by Gasteiger charge is 2.35. The average molecular weight is 307 g/mol. The van der Waals surface area contributed by atoms with E-state index in [-0.39, 0.29) is 5.91 Å². The average Bonchev–Trinajstić information content (AvgIpc) is 2.49. The number of nitrogens with zero attached hydrogens (tertiary/aromatic N) is 3. The van der Waals surface area contributed by atoms with Gasteiger partial charge >= 0.3 is 0 Å². The van der Waals surface area contributed by atoms with Crippen molar-refractivity contribution in [1.82, 2.24) is 15.2 Å². The summed E-state index contributed by atoms with van der Waals surface area (Å²) in [6.07, 6.45) is 1.96. The summed E-state index contributed by atoms with van der Waals surface area (Å²) in [5.41, 5.74) is 0.438. The molecule has 0 unspecified atom stereocenters. The molecule has 21 heavy (non-hydrogen) atoms. The molecule has 5 nitrogen and oxygen atoms in total. The number of nitrogens with one attached hydrogen (secondary N) is 1. The fraction of sp³-hybridized carbons (Fsp3) is 0.533. The second-order valence-corrected chi connectivity index (χ2v) is 5.86. The van der Waals surface area contributed by atoms with E-state index in [2.05, 4.69) is 21.3 Å². The molecule has 1 saturated heterocycles. The van der Waals surface area contributed by atoms with E-state index in [0.29, 0.717) is 30.0 Å². The second-order valence-electron chi connectivity index (χ2n) is 5.47. The van der Waals surface area contributed by atoms with Crippen molar-refractivity contribution in [3.63, 3.8) is 0 Å². The van der Waals surface area contributed by atoms with E-state index in [1.54, 1.807) is 6.07 Å². The molecule has 0 aliphatic carbocycles. The third-order valence-electron chi connectivity index (χ3n) is 3.88. The number of hydrogen-bond donors (Lipinski definition) is 1. The summed E-state index contributed by atoms with van der Waals surface area (Å²) in [4.78, 5) is 18.7. The quantitative estimate of drug-likeness (QED) is 0.867. The van der Waals surface area contributed by atoms with Crippen LogP contribution in [0.5, 0.6) is 0 Å². The van der Waals surface area contributed by atoms with Crippen LogP contribution in [0, 0.1) is 11.3 Å². The number of aromatic nitrogens is 1. The van der Waals surface area contributed by atoms with Gasteiger partial charge in [0.1, 0.15) is 10.7 Å². The molecular formula is C15H19ClN4O. The molecule has 1 aromatic heterocycles. The van der Waals surface area contributed by atoms with E-state index >= 15 is 0 Å². The number of piperidine rings is 1. The molecule has 0 spiro atoms. The molecule has 0 atom stereocenters. The maximum absolute atomic E-state index is 12.4. The Morgan fingerprint density at radius 2 is 2.19 bits per heavy atom. The van der Waals surface area contributed by atoms with Crippen LogP contribution in [0.2, 0.25) is 5.15 Å². The van der Waals surface area contributed by atoms with Gasteiger partial charge in [-0.2, -0.15) is 5.26 Å². The SMILES string of the molecule is CCc1cc(C(=O)NC2(C#N)CCN(C)CC2)cc(Cl)n1. The predicted octanol–water partition coefficient (Wildman–Crippen LogP) is 2.02. The van der Waals surface area contributed by atoms with Crippen molar-refractivity contribution >= 4 is 17.5 Å². The monoisotopic (exact) mass is 306 g/mol. The largest absolute Gasteiger partial charge is 0.334 e. The van der Waals surface area contributed by atoms with Crippen LogP contribution in [-0.2, 0) is 6.42 Å².